The van der Waals surface area contributed by atoms with Gasteiger partial charge in [0, 0.05) is 38.8 Å². The van der Waals surface area contributed by atoms with Crippen LogP contribution in [0.5, 0.6) is 11.8 Å². The van der Waals surface area contributed by atoms with Crippen molar-refractivity contribution in [3.05, 3.63) is 93.5 Å². The Labute approximate surface area is 657 Å². The molecule has 0 unspecified atom stereocenters. The minimum atomic E-state index is -4.88. The van der Waals surface area contributed by atoms with Gasteiger partial charge in [-0.05, 0) is 178 Å². The third-order valence-corrected chi connectivity index (χ3v) is 27.7. The fraction of sp³-hybridized carbons (Fsp3) is 0.650. The Bertz CT molecular complexity index is 4530. The predicted octanol–water partition coefficient (Wildman–Crippen LogP) is 10.5. The molecule has 0 bridgehead atoms. The Kier molecular flexibility index (Phi) is 25.1. The molecule has 114 heavy (non-hydrogen) atoms. The number of allylic oxidation sites excluding steroid dienone is 4. The maximum Gasteiger partial charge on any atom is 0.427 e. The topological polar surface area (TPSA) is 342 Å². The molecule has 26 nitrogen and oxygen atoms in total. The van der Waals surface area contributed by atoms with Gasteiger partial charge in [-0.15, -0.1) is 10.2 Å². The zero-order valence-corrected chi connectivity index (χ0v) is 67.3. The van der Waals surface area contributed by atoms with E-state index in [2.05, 4.69) is 19.6 Å². The van der Waals surface area contributed by atoms with Crippen LogP contribution < -0.4 is 30.0 Å². The predicted molar refractivity (Wildman–Crippen MR) is 404 cm³/mol. The maximum atomic E-state index is 14.8. The van der Waals surface area contributed by atoms with Crippen molar-refractivity contribution in [2.75, 3.05) is 13.1 Å². The van der Waals surface area contributed by atoms with Gasteiger partial charge >= 0.3 is 24.3 Å². The first kappa shape index (κ1) is 86.3. The lowest BCUT2D eigenvalue weighted by Crippen LogP contribution is -2.48. The van der Waals surface area contributed by atoms with Crippen LogP contribution in [0.25, 0.3) is 21.5 Å². The minimum Gasteiger partial charge on any atom is -0.471 e. The summed E-state index contributed by atoms with van der Waals surface area (Å²) in [5.74, 6) is -10.5. The van der Waals surface area contributed by atoms with Gasteiger partial charge < -0.3 is 28.7 Å². The lowest BCUT2D eigenvalue weighted by atomic mass is 9.82. The molecule has 0 spiro atoms. The van der Waals surface area contributed by atoms with Gasteiger partial charge in [0.1, 0.15) is 12.2 Å². The molecule has 6 heterocycles. The zero-order chi connectivity index (χ0) is 83.3. The Balaban J connectivity index is 0.000000225. The number of alkyl halides is 6. The number of halogens is 6. The van der Waals surface area contributed by atoms with Gasteiger partial charge in [0.25, 0.3) is 11.1 Å². The summed E-state index contributed by atoms with van der Waals surface area (Å²) in [7, 11) is -7.89. The number of carbonyl (C=O) groups excluding carboxylic acids is 8. The average Bonchev–Trinajstić information content (AvgIpc) is 1.58. The van der Waals surface area contributed by atoms with Gasteiger partial charge in [-0.25, -0.2) is 26.2 Å². The Morgan fingerprint density at radius 1 is 0.518 bits per heavy atom. The van der Waals surface area contributed by atoms with Crippen LogP contribution in [-0.2, 0) is 81.0 Å². The average molecular weight is 1640 g/mol. The van der Waals surface area contributed by atoms with Gasteiger partial charge in [0.15, 0.2) is 11.6 Å². The van der Waals surface area contributed by atoms with Crippen molar-refractivity contribution < 1.29 is 100 Å². The number of esters is 2. The van der Waals surface area contributed by atoms with Gasteiger partial charge in [0.2, 0.25) is 66.6 Å². The number of aromatic nitrogens is 4. The van der Waals surface area contributed by atoms with E-state index in [1.165, 1.54) is 19.2 Å². The molecule has 4 aliphatic heterocycles. The van der Waals surface area contributed by atoms with Crippen molar-refractivity contribution in [2.45, 2.75) is 256 Å². The molecule has 4 amide bonds. The number of nitrogens with zero attached hydrogens (tertiary/aromatic N) is 6. The van der Waals surface area contributed by atoms with Gasteiger partial charge in [0.05, 0.1) is 92.7 Å². The van der Waals surface area contributed by atoms with E-state index >= 15 is 0 Å². The molecular formula is C80H102F6N8O18S2. The molecule has 4 aliphatic carbocycles. The van der Waals surface area contributed by atoms with E-state index in [0.29, 0.717) is 85.8 Å². The third kappa shape index (κ3) is 18.9. The summed E-state index contributed by atoms with van der Waals surface area (Å²) in [5, 5.41) is 8.98. The van der Waals surface area contributed by atoms with E-state index in [1.807, 2.05) is 38.2 Å². The number of carbonyl (C=O) groups is 8. The SMILES string of the molecule is CCn1nc(O[C@@H]2C[C@H]3C(=O)C[C@]4(C(=O)NS(=O)(=O)C5CC5)C[C@H]4/C=C\CC[C@@H](C)C[C@@H](C)[C@H](CC(=O)OC(C)(C)C(F)(F)F)C(=O)N3C2)c2ccccc2c1=O.CCn1nc(O[C@@H]2C[C@H]3C(=O)C[C@]4(C(=O)NS(=O)(=O)C5CC5)C[C@H]4/C=C\CC[C@H](C)C[C@@H](C)[C@H](CC(=O)OC(C)(C)C(F)(F)F)C(=O)N3C2)c2ccccc2c1=O. The minimum absolute atomic E-state index is 0.00403. The number of hydrogen-bond donors (Lipinski definition) is 2. The van der Waals surface area contributed by atoms with Crippen molar-refractivity contribution in [3.63, 3.8) is 0 Å². The first-order valence-corrected chi connectivity index (χ1v) is 42.5. The van der Waals surface area contributed by atoms with Crippen LogP contribution in [-0.4, -0.2) is 165 Å². The number of ketones is 2. The molecule has 4 aromatic rings. The zero-order valence-electron chi connectivity index (χ0n) is 65.7. The van der Waals surface area contributed by atoms with Crippen LogP contribution in [0.4, 0.5) is 26.3 Å². The van der Waals surface area contributed by atoms with Crippen LogP contribution in [0.1, 0.15) is 185 Å². The second kappa shape index (κ2) is 33.2. The molecule has 6 fully saturated rings. The summed E-state index contributed by atoms with van der Waals surface area (Å²) in [5.41, 5.74) is -9.09. The lowest BCUT2D eigenvalue weighted by Gasteiger charge is -2.33. The molecule has 34 heteroatoms. The lowest BCUT2D eigenvalue weighted by molar-refractivity contribution is -0.257. The summed E-state index contributed by atoms with van der Waals surface area (Å²) in [6, 6.07) is 11.0. The number of fused-ring (bicyclic) bond motifs is 6. The van der Waals surface area contributed by atoms with Crippen LogP contribution in [0.2, 0.25) is 0 Å². The molecule has 8 aliphatic rings. The molecule has 2 aromatic carbocycles. The fourth-order valence-electron chi connectivity index (χ4n) is 16.4. The van der Waals surface area contributed by atoms with Crippen LogP contribution in [0.15, 0.2) is 82.4 Å². The van der Waals surface area contributed by atoms with E-state index < -0.39 is 198 Å². The number of nitrogens with one attached hydrogen (secondary N) is 2. The molecular weight excluding hydrogens is 1540 g/mol. The van der Waals surface area contributed by atoms with Gasteiger partial charge in [-0.3, -0.25) is 57.4 Å². The highest BCUT2D eigenvalue weighted by atomic mass is 32.2. The van der Waals surface area contributed by atoms with Crippen molar-refractivity contribution in [1.29, 1.82) is 0 Å². The maximum absolute atomic E-state index is 14.8. The normalized spacial score (nSPS) is 29.4. The molecule has 0 radical (unpaired) electrons. The van der Waals surface area contributed by atoms with E-state index in [9.17, 15) is 91.1 Å². The van der Waals surface area contributed by atoms with Crippen LogP contribution in [0, 0.1) is 58.2 Å². The van der Waals surface area contributed by atoms with Crippen LogP contribution in [0.3, 0.4) is 0 Å². The highest BCUT2D eigenvalue weighted by molar-refractivity contribution is 7.91. The number of hydrogen-bond acceptors (Lipinski definition) is 20. The van der Waals surface area contributed by atoms with Gasteiger partial charge in [-0.2, -0.15) is 26.3 Å². The first-order valence-electron chi connectivity index (χ1n) is 39.4. The van der Waals surface area contributed by atoms with E-state index in [4.69, 9.17) is 18.9 Å². The van der Waals surface area contributed by atoms with Crippen molar-refractivity contribution in [2.24, 2.45) is 58.2 Å². The smallest absolute Gasteiger partial charge is 0.427 e. The highest BCUT2D eigenvalue weighted by Gasteiger charge is 2.64. The monoisotopic (exact) mass is 1640 g/mol. The quantitative estimate of drug-likeness (QED) is 0.0531. The summed E-state index contributed by atoms with van der Waals surface area (Å²) in [4.78, 5) is 142. The summed E-state index contributed by atoms with van der Waals surface area (Å²) < 4.78 is 164. The molecule has 2 aromatic heterocycles. The van der Waals surface area contributed by atoms with E-state index in [0.717, 1.165) is 27.7 Å². The number of amides is 4. The number of Topliss-reactive ketones (excluding diaryl/α,β-unsaturated/α-hetero) is 2. The molecule has 14 atom stereocenters. The van der Waals surface area contributed by atoms with E-state index in [1.54, 1.807) is 76.2 Å². The second-order valence-corrected chi connectivity index (χ2v) is 37.6. The number of rotatable bonds is 18. The third-order valence-electron chi connectivity index (χ3n) is 24.0. The number of aryl methyl sites for hydroxylation is 2. The Morgan fingerprint density at radius 3 is 1.18 bits per heavy atom. The van der Waals surface area contributed by atoms with Gasteiger partial charge in [-0.1, -0.05) is 76.3 Å². The number of sulfonamides is 2. The van der Waals surface area contributed by atoms with Crippen molar-refractivity contribution in [3.8, 4) is 11.8 Å². The molecule has 12 rings (SSSR count). The second-order valence-electron chi connectivity index (χ2n) is 33.7. The summed E-state index contributed by atoms with van der Waals surface area (Å²) in [6.07, 6.45) is -0.860. The van der Waals surface area contributed by atoms with Crippen LogP contribution >= 0.6 is 0 Å². The van der Waals surface area contributed by atoms with E-state index in [-0.39, 0.29) is 86.6 Å². The number of ether oxygens (including phenoxy) is 4. The highest BCUT2D eigenvalue weighted by Crippen LogP contribution is 2.59. The Hall–Kier alpha value is -8.56. The molecule has 2 saturated heterocycles. The number of benzene rings is 2. The standard InChI is InChI=1S/2C40H51F3N4O9S/c2*1-6-47-36(51)29-14-10-9-13-28(29)34(44-47)55-26-18-31-32(48)21-39(37(52)45-57(53,54)27-15-16-27)20-25(39)12-8-7-11-23(2)17-24(3)30(35(50)46(31)22-26)19-33(49)56-38(4,5)40(41,42)43/h2*8-10,12-14,23-27,30-31H,6-7,11,15-22H2,1-5H3,(H,45,52)/b2*12-8-/t23-,24+,25+,26+,30-,31-,39+;23-,24-,25-,26-,30+,31+,39-/m01/s1. The molecule has 4 saturated carbocycles. The molecule has 2 N–H and O–H groups in total. The summed E-state index contributed by atoms with van der Waals surface area (Å²) >= 11 is 0. The first-order chi connectivity index (χ1) is 53.3. The largest absolute Gasteiger partial charge is 0.471 e. The summed E-state index contributed by atoms with van der Waals surface area (Å²) in [6.45, 7) is 13.9. The molecule has 624 valence electrons. The van der Waals surface area contributed by atoms with Crippen molar-refractivity contribution >= 4 is 88.7 Å². The fourth-order valence-corrected chi connectivity index (χ4v) is 19.2. The Morgan fingerprint density at radius 2 is 0.860 bits per heavy atom. The van der Waals surface area contributed by atoms with Crippen molar-refractivity contribution in [1.82, 2.24) is 38.8 Å².